The van der Waals surface area contributed by atoms with Crippen LogP contribution in [0.4, 0.5) is 0 Å². The fourth-order valence-electron chi connectivity index (χ4n) is 3.36. The van der Waals surface area contributed by atoms with Crippen molar-refractivity contribution in [2.24, 2.45) is 5.92 Å². The third-order valence-corrected chi connectivity index (χ3v) is 4.84. The number of aliphatic hydroxyl groups is 1. The number of nitrogens with one attached hydrogen (secondary N) is 2. The summed E-state index contributed by atoms with van der Waals surface area (Å²) in [5, 5.41) is 13.6. The summed E-state index contributed by atoms with van der Waals surface area (Å²) in [6.07, 6.45) is 5.08. The van der Waals surface area contributed by atoms with Crippen molar-refractivity contribution in [3.63, 3.8) is 0 Å². The SMILES string of the molecule is O=C(NC(c1cnc2ccccc2c1)C1CC(O)C1)c1cnc[nH]c1=O. The van der Waals surface area contributed by atoms with Gasteiger partial charge in [-0.15, -0.1) is 0 Å². The summed E-state index contributed by atoms with van der Waals surface area (Å²) in [7, 11) is 0. The number of amides is 1. The largest absolute Gasteiger partial charge is 0.393 e. The lowest BCUT2D eigenvalue weighted by Gasteiger charge is -2.38. The second-order valence-electron chi connectivity index (χ2n) is 6.59. The maximum atomic E-state index is 12.6. The summed E-state index contributed by atoms with van der Waals surface area (Å²) in [4.78, 5) is 35.1. The molecule has 3 N–H and O–H groups in total. The highest BCUT2D eigenvalue weighted by molar-refractivity contribution is 5.93. The lowest BCUT2D eigenvalue weighted by Crippen LogP contribution is -2.42. The molecule has 1 fully saturated rings. The van der Waals surface area contributed by atoms with Gasteiger partial charge in [-0.3, -0.25) is 14.6 Å². The van der Waals surface area contributed by atoms with Gasteiger partial charge in [0.2, 0.25) is 0 Å². The Hall–Kier alpha value is -3.06. The molecule has 0 radical (unpaired) electrons. The number of aromatic nitrogens is 3. The molecular weight excluding hydrogens is 332 g/mol. The molecule has 1 aliphatic rings. The maximum Gasteiger partial charge on any atom is 0.263 e. The quantitative estimate of drug-likeness (QED) is 0.662. The van der Waals surface area contributed by atoms with Crippen LogP contribution in [0.2, 0.25) is 0 Å². The van der Waals surface area contributed by atoms with Crippen molar-refractivity contribution < 1.29 is 9.90 Å². The number of pyridine rings is 1. The minimum absolute atomic E-state index is 0.0360. The minimum Gasteiger partial charge on any atom is -0.393 e. The molecule has 0 saturated heterocycles. The Morgan fingerprint density at radius 3 is 2.85 bits per heavy atom. The fraction of sp³-hybridized carbons (Fsp3) is 0.263. The van der Waals surface area contributed by atoms with Crippen LogP contribution in [0.3, 0.4) is 0 Å². The summed E-state index contributed by atoms with van der Waals surface area (Å²) >= 11 is 0. The first-order chi connectivity index (χ1) is 12.6. The molecule has 1 atom stereocenters. The smallest absolute Gasteiger partial charge is 0.263 e. The van der Waals surface area contributed by atoms with E-state index in [4.69, 9.17) is 0 Å². The fourth-order valence-corrected chi connectivity index (χ4v) is 3.36. The van der Waals surface area contributed by atoms with Gasteiger partial charge in [-0.25, -0.2) is 4.98 Å². The number of hydrogen-bond donors (Lipinski definition) is 3. The molecule has 1 aliphatic carbocycles. The van der Waals surface area contributed by atoms with Crippen molar-refractivity contribution in [1.29, 1.82) is 0 Å². The number of carbonyl (C=O) groups is 1. The van der Waals surface area contributed by atoms with E-state index in [0.29, 0.717) is 12.8 Å². The van der Waals surface area contributed by atoms with Crippen LogP contribution in [0, 0.1) is 5.92 Å². The van der Waals surface area contributed by atoms with Crippen molar-refractivity contribution in [2.45, 2.75) is 25.0 Å². The van der Waals surface area contributed by atoms with Gasteiger partial charge in [0, 0.05) is 17.8 Å². The van der Waals surface area contributed by atoms with E-state index in [1.165, 1.54) is 12.5 Å². The number of carbonyl (C=O) groups excluding carboxylic acids is 1. The Morgan fingerprint density at radius 2 is 2.08 bits per heavy atom. The number of fused-ring (bicyclic) bond motifs is 1. The first kappa shape index (κ1) is 16.4. The van der Waals surface area contributed by atoms with Crippen LogP contribution in [-0.2, 0) is 0 Å². The van der Waals surface area contributed by atoms with Gasteiger partial charge in [0.25, 0.3) is 11.5 Å². The molecule has 7 heteroatoms. The van der Waals surface area contributed by atoms with Crippen LogP contribution in [0.25, 0.3) is 10.9 Å². The van der Waals surface area contributed by atoms with Gasteiger partial charge in [0.15, 0.2) is 0 Å². The zero-order chi connectivity index (χ0) is 18.1. The second-order valence-corrected chi connectivity index (χ2v) is 6.59. The van der Waals surface area contributed by atoms with Gasteiger partial charge in [0.05, 0.1) is 24.0 Å². The molecule has 0 aliphatic heterocycles. The average molecular weight is 350 g/mol. The Kier molecular flexibility index (Phi) is 4.22. The molecule has 1 unspecified atom stereocenters. The molecule has 3 aromatic rings. The number of aliphatic hydroxyl groups excluding tert-OH is 1. The molecule has 1 aromatic carbocycles. The number of para-hydroxylation sites is 1. The molecule has 132 valence electrons. The molecule has 0 spiro atoms. The molecular formula is C19H18N4O3. The molecule has 26 heavy (non-hydrogen) atoms. The van der Waals surface area contributed by atoms with Crippen LogP contribution in [0.1, 0.15) is 34.8 Å². The lowest BCUT2D eigenvalue weighted by molar-refractivity contribution is 0.0235. The molecule has 2 aromatic heterocycles. The number of aromatic amines is 1. The van der Waals surface area contributed by atoms with Crippen molar-refractivity contribution in [3.05, 3.63) is 70.5 Å². The summed E-state index contributed by atoms with van der Waals surface area (Å²) < 4.78 is 0. The van der Waals surface area contributed by atoms with E-state index in [0.717, 1.165) is 16.5 Å². The maximum absolute atomic E-state index is 12.6. The zero-order valence-electron chi connectivity index (χ0n) is 13.9. The molecule has 1 amide bonds. The topological polar surface area (TPSA) is 108 Å². The Labute approximate surface area is 149 Å². The third kappa shape index (κ3) is 3.09. The highest BCUT2D eigenvalue weighted by Crippen LogP contribution is 2.38. The Balaban J connectivity index is 1.67. The van der Waals surface area contributed by atoms with E-state index in [2.05, 4.69) is 20.3 Å². The minimum atomic E-state index is -0.487. The highest BCUT2D eigenvalue weighted by Gasteiger charge is 2.36. The zero-order valence-corrected chi connectivity index (χ0v) is 13.9. The Bertz CT molecular complexity index is 1010. The van der Waals surface area contributed by atoms with E-state index in [1.807, 2.05) is 30.3 Å². The van der Waals surface area contributed by atoms with Crippen LogP contribution < -0.4 is 10.9 Å². The Morgan fingerprint density at radius 1 is 1.27 bits per heavy atom. The van der Waals surface area contributed by atoms with Crippen molar-refractivity contribution >= 4 is 16.8 Å². The van der Waals surface area contributed by atoms with Crippen LogP contribution in [0.15, 0.2) is 53.8 Å². The van der Waals surface area contributed by atoms with Gasteiger partial charge in [-0.2, -0.15) is 0 Å². The van der Waals surface area contributed by atoms with E-state index < -0.39 is 11.5 Å². The van der Waals surface area contributed by atoms with Gasteiger partial charge >= 0.3 is 0 Å². The molecule has 7 nitrogen and oxygen atoms in total. The number of H-pyrrole nitrogens is 1. The van der Waals surface area contributed by atoms with E-state index >= 15 is 0 Å². The van der Waals surface area contributed by atoms with Gasteiger partial charge in [-0.05, 0) is 36.5 Å². The number of nitrogens with zero attached hydrogens (tertiary/aromatic N) is 2. The average Bonchev–Trinajstić information content (AvgIpc) is 2.63. The summed E-state index contributed by atoms with van der Waals surface area (Å²) in [5.74, 6) is -0.397. The van der Waals surface area contributed by atoms with Crippen LogP contribution in [-0.4, -0.2) is 32.1 Å². The summed E-state index contributed by atoms with van der Waals surface area (Å²) in [6.45, 7) is 0. The second kappa shape index (κ2) is 6.68. The van der Waals surface area contributed by atoms with E-state index in [9.17, 15) is 14.7 Å². The first-order valence-corrected chi connectivity index (χ1v) is 8.48. The van der Waals surface area contributed by atoms with E-state index in [1.54, 1.807) is 6.20 Å². The predicted octanol–water partition coefficient (Wildman–Crippen LogP) is 1.56. The number of rotatable bonds is 4. The van der Waals surface area contributed by atoms with Crippen LogP contribution in [0.5, 0.6) is 0 Å². The van der Waals surface area contributed by atoms with Crippen LogP contribution >= 0.6 is 0 Å². The van der Waals surface area contributed by atoms with Crippen molar-refractivity contribution in [2.75, 3.05) is 0 Å². The first-order valence-electron chi connectivity index (χ1n) is 8.48. The molecule has 0 bridgehead atoms. The number of benzene rings is 1. The van der Waals surface area contributed by atoms with Gasteiger partial charge < -0.3 is 15.4 Å². The summed E-state index contributed by atoms with van der Waals surface area (Å²) in [6, 6.07) is 9.41. The molecule has 4 rings (SSSR count). The van der Waals surface area contributed by atoms with Crippen molar-refractivity contribution in [3.8, 4) is 0 Å². The standard InChI is InChI=1S/C19H18N4O3/c24-14-6-12(7-14)17(23-19(26)15-9-20-10-22-18(15)25)13-5-11-3-1-2-4-16(11)21-8-13/h1-5,8-10,12,14,17,24H,6-7H2,(H,23,26)(H,20,22,25). The monoisotopic (exact) mass is 350 g/mol. The third-order valence-electron chi connectivity index (χ3n) is 4.84. The lowest BCUT2D eigenvalue weighted by atomic mass is 9.75. The normalized spacial score (nSPS) is 20.3. The van der Waals surface area contributed by atoms with Gasteiger partial charge in [0.1, 0.15) is 5.56 Å². The van der Waals surface area contributed by atoms with Gasteiger partial charge in [-0.1, -0.05) is 18.2 Å². The van der Waals surface area contributed by atoms with Crippen molar-refractivity contribution in [1.82, 2.24) is 20.3 Å². The highest BCUT2D eigenvalue weighted by atomic mass is 16.3. The van der Waals surface area contributed by atoms with E-state index in [-0.39, 0.29) is 23.6 Å². The predicted molar refractivity (Wildman–Crippen MR) is 95.5 cm³/mol. The molecule has 1 saturated carbocycles. The molecule has 2 heterocycles. The summed E-state index contributed by atoms with van der Waals surface area (Å²) in [5.41, 5.74) is 1.21. The number of hydrogen-bond acceptors (Lipinski definition) is 5.